The maximum Gasteiger partial charge on any atom is 0.321 e. The summed E-state index contributed by atoms with van der Waals surface area (Å²) in [5, 5.41) is 0. The zero-order chi connectivity index (χ0) is 13.1. The third-order valence-corrected chi connectivity index (χ3v) is 3.18. The van der Waals surface area contributed by atoms with Crippen LogP contribution in [0.15, 0.2) is 0 Å². The van der Waals surface area contributed by atoms with Crippen molar-refractivity contribution < 1.29 is 28.5 Å². The summed E-state index contributed by atoms with van der Waals surface area (Å²) in [6, 6.07) is 0. The third kappa shape index (κ3) is 2.88. The zero-order valence-electron chi connectivity index (χ0n) is 9.34. The highest BCUT2D eigenvalue weighted by atomic mass is 35.5. The molecule has 2 saturated heterocycles. The van der Waals surface area contributed by atoms with Crippen molar-refractivity contribution in [2.75, 3.05) is 25.0 Å². The molecule has 0 N–H and O–H groups in total. The van der Waals surface area contributed by atoms with Gasteiger partial charge in [-0.1, -0.05) is 0 Å². The van der Waals surface area contributed by atoms with Crippen molar-refractivity contribution >= 4 is 35.1 Å². The average molecular weight is 299 g/mol. The molecule has 0 aromatic rings. The smallest absolute Gasteiger partial charge is 0.321 e. The van der Waals surface area contributed by atoms with Crippen LogP contribution >= 0.6 is 23.2 Å². The number of esters is 2. The van der Waals surface area contributed by atoms with Gasteiger partial charge in [-0.05, 0) is 0 Å². The molecule has 2 fully saturated rings. The Balaban J connectivity index is 1.90. The molecule has 0 aromatic carbocycles. The van der Waals surface area contributed by atoms with E-state index in [1.54, 1.807) is 0 Å². The van der Waals surface area contributed by atoms with Crippen molar-refractivity contribution in [2.45, 2.75) is 24.4 Å². The minimum absolute atomic E-state index is 0.201. The van der Waals surface area contributed by atoms with E-state index in [1.165, 1.54) is 0 Å². The van der Waals surface area contributed by atoms with Gasteiger partial charge in [0.25, 0.3) is 0 Å². The molecule has 0 bridgehead atoms. The van der Waals surface area contributed by atoms with E-state index in [0.717, 1.165) is 0 Å². The van der Waals surface area contributed by atoms with Crippen molar-refractivity contribution in [1.29, 1.82) is 0 Å². The van der Waals surface area contributed by atoms with Crippen LogP contribution < -0.4 is 0 Å². The van der Waals surface area contributed by atoms with Crippen LogP contribution in [0.3, 0.4) is 0 Å². The van der Waals surface area contributed by atoms with Crippen LogP contribution in [0, 0.1) is 0 Å². The van der Waals surface area contributed by atoms with Crippen molar-refractivity contribution in [3.63, 3.8) is 0 Å². The van der Waals surface area contributed by atoms with Crippen LogP contribution in [0.5, 0.6) is 0 Å². The molecule has 0 radical (unpaired) electrons. The molecule has 0 aromatic heterocycles. The van der Waals surface area contributed by atoms with Gasteiger partial charge in [0.2, 0.25) is 0 Å². The van der Waals surface area contributed by atoms with Gasteiger partial charge in [0.15, 0.2) is 12.2 Å². The van der Waals surface area contributed by atoms with Crippen molar-refractivity contribution in [3.05, 3.63) is 0 Å². The monoisotopic (exact) mass is 298 g/mol. The lowest BCUT2D eigenvalue weighted by Crippen LogP contribution is -2.36. The fraction of sp³-hybridized carbons (Fsp3) is 0.800. The fourth-order valence-electron chi connectivity index (χ4n) is 2.03. The minimum Gasteiger partial charge on any atom is -0.456 e. The number of halogens is 2. The normalized spacial score (nSPS) is 34.1. The summed E-state index contributed by atoms with van der Waals surface area (Å²) in [6.45, 7) is 0.403. The number of rotatable bonds is 4. The Morgan fingerprint density at radius 1 is 0.944 bits per heavy atom. The van der Waals surface area contributed by atoms with Gasteiger partial charge in [-0.2, -0.15) is 0 Å². The predicted octanol–water partition coefficient (Wildman–Crippen LogP) is 0.0852. The molecule has 0 unspecified atom stereocenters. The van der Waals surface area contributed by atoms with E-state index in [4.69, 9.17) is 42.1 Å². The molecule has 102 valence electrons. The van der Waals surface area contributed by atoms with Gasteiger partial charge in [-0.25, -0.2) is 0 Å². The lowest BCUT2D eigenvalue weighted by Gasteiger charge is -2.16. The summed E-state index contributed by atoms with van der Waals surface area (Å²) in [6.07, 6.45) is -1.88. The molecular formula is C10H12Cl2O6. The van der Waals surface area contributed by atoms with Crippen molar-refractivity contribution in [1.82, 2.24) is 0 Å². The van der Waals surface area contributed by atoms with Crippen LogP contribution in [0.1, 0.15) is 0 Å². The van der Waals surface area contributed by atoms with Crippen LogP contribution in [0.2, 0.25) is 0 Å². The average Bonchev–Trinajstić information content (AvgIpc) is 2.93. The second-order valence-electron chi connectivity index (χ2n) is 3.92. The number of hydrogen-bond acceptors (Lipinski definition) is 6. The van der Waals surface area contributed by atoms with Gasteiger partial charge < -0.3 is 18.9 Å². The van der Waals surface area contributed by atoms with E-state index in [-0.39, 0.29) is 25.0 Å². The fourth-order valence-corrected chi connectivity index (χ4v) is 2.16. The summed E-state index contributed by atoms with van der Waals surface area (Å²) in [5.41, 5.74) is 0. The number of hydrogen-bond donors (Lipinski definition) is 0. The standard InChI is InChI=1S/C10H12Cl2O6/c11-1-7(13)17-5-3-15-10-6(4-16-9(5)10)18-8(14)2-12/h5-6,9-10H,1-4H2/t5-,6+,9-,10-/m1/s1. The highest BCUT2D eigenvalue weighted by Gasteiger charge is 2.51. The van der Waals surface area contributed by atoms with Gasteiger partial charge in [-0.3, -0.25) is 9.59 Å². The van der Waals surface area contributed by atoms with Crippen LogP contribution in [0.4, 0.5) is 0 Å². The number of carbonyl (C=O) groups excluding carboxylic acids is 2. The molecule has 0 saturated carbocycles. The molecule has 2 aliphatic rings. The lowest BCUT2D eigenvalue weighted by molar-refractivity contribution is -0.152. The van der Waals surface area contributed by atoms with Gasteiger partial charge in [-0.15, -0.1) is 23.2 Å². The summed E-state index contributed by atoms with van der Waals surface area (Å²) < 4.78 is 21.0. The number of carbonyl (C=O) groups is 2. The quantitative estimate of drug-likeness (QED) is 0.541. The predicted molar refractivity (Wildman–Crippen MR) is 60.7 cm³/mol. The van der Waals surface area contributed by atoms with Crippen molar-refractivity contribution in [3.8, 4) is 0 Å². The highest BCUT2D eigenvalue weighted by Crippen LogP contribution is 2.30. The molecule has 2 heterocycles. The second kappa shape index (κ2) is 6.06. The molecule has 2 aliphatic heterocycles. The molecule has 6 nitrogen and oxygen atoms in total. The Bertz CT molecular complexity index is 304. The molecule has 18 heavy (non-hydrogen) atoms. The van der Waals surface area contributed by atoms with E-state index in [9.17, 15) is 9.59 Å². The molecule has 2 rings (SSSR count). The first kappa shape index (κ1) is 13.9. The molecule has 4 atom stereocenters. The Kier molecular flexibility index (Phi) is 4.66. The molecular weight excluding hydrogens is 287 g/mol. The second-order valence-corrected chi connectivity index (χ2v) is 4.45. The Hall–Kier alpha value is -0.560. The highest BCUT2D eigenvalue weighted by molar-refractivity contribution is 6.26. The first-order valence-electron chi connectivity index (χ1n) is 5.39. The van der Waals surface area contributed by atoms with Gasteiger partial charge in [0, 0.05) is 0 Å². The largest absolute Gasteiger partial charge is 0.456 e. The van der Waals surface area contributed by atoms with E-state index in [2.05, 4.69) is 0 Å². The van der Waals surface area contributed by atoms with Gasteiger partial charge >= 0.3 is 11.9 Å². The molecule has 0 spiro atoms. The Morgan fingerprint density at radius 3 is 1.67 bits per heavy atom. The lowest BCUT2D eigenvalue weighted by atomic mass is 10.1. The van der Waals surface area contributed by atoms with E-state index in [1.807, 2.05) is 0 Å². The minimum atomic E-state index is -0.532. The maximum atomic E-state index is 11.1. The Morgan fingerprint density at radius 2 is 1.33 bits per heavy atom. The SMILES string of the molecule is O=C(CCl)O[C@H]1CO[C@H]2[C@@H]1OC[C@H]2OC(=O)CCl. The van der Waals surface area contributed by atoms with Gasteiger partial charge in [0.1, 0.15) is 24.0 Å². The first-order valence-corrected chi connectivity index (χ1v) is 6.46. The van der Waals surface area contributed by atoms with Crippen LogP contribution in [-0.2, 0) is 28.5 Å². The summed E-state index contributed by atoms with van der Waals surface area (Å²) in [7, 11) is 0. The molecule has 8 heteroatoms. The molecule has 0 aliphatic carbocycles. The summed E-state index contributed by atoms with van der Waals surface area (Å²) in [4.78, 5) is 22.2. The van der Waals surface area contributed by atoms with Crippen LogP contribution in [-0.4, -0.2) is 61.3 Å². The molecule has 0 amide bonds. The van der Waals surface area contributed by atoms with E-state index >= 15 is 0 Å². The zero-order valence-corrected chi connectivity index (χ0v) is 10.9. The third-order valence-electron chi connectivity index (χ3n) is 2.75. The van der Waals surface area contributed by atoms with E-state index < -0.39 is 36.4 Å². The van der Waals surface area contributed by atoms with Crippen molar-refractivity contribution in [2.24, 2.45) is 0 Å². The number of fused-ring (bicyclic) bond motifs is 1. The summed E-state index contributed by atoms with van der Waals surface area (Å²) >= 11 is 10.7. The van der Waals surface area contributed by atoms with E-state index in [0.29, 0.717) is 0 Å². The first-order chi connectivity index (χ1) is 8.65. The Labute approximate surface area is 113 Å². The number of ether oxygens (including phenoxy) is 4. The van der Waals surface area contributed by atoms with Crippen LogP contribution in [0.25, 0.3) is 0 Å². The topological polar surface area (TPSA) is 71.1 Å². The van der Waals surface area contributed by atoms with Gasteiger partial charge in [0.05, 0.1) is 13.2 Å². The number of alkyl halides is 2. The maximum absolute atomic E-state index is 11.1. The summed E-state index contributed by atoms with van der Waals surface area (Å²) in [5.74, 6) is -1.51.